The van der Waals surface area contributed by atoms with Crippen molar-refractivity contribution in [3.05, 3.63) is 11.3 Å². The molecule has 0 radical (unpaired) electrons. The lowest BCUT2D eigenvalue weighted by Gasteiger charge is -2.29. The van der Waals surface area contributed by atoms with E-state index in [0.717, 1.165) is 0 Å². The van der Waals surface area contributed by atoms with Gasteiger partial charge in [0.2, 0.25) is 0 Å². The highest BCUT2D eigenvalue weighted by Crippen LogP contribution is 2.39. The van der Waals surface area contributed by atoms with Crippen LogP contribution in [0.4, 0.5) is 0 Å². The lowest BCUT2D eigenvalue weighted by atomic mass is 9.87. The van der Waals surface area contributed by atoms with Gasteiger partial charge in [0, 0.05) is 6.42 Å². The third kappa shape index (κ3) is 2.33. The molecule has 0 fully saturated rings. The summed E-state index contributed by atoms with van der Waals surface area (Å²) in [5.74, 6) is 0.850. The summed E-state index contributed by atoms with van der Waals surface area (Å²) in [7, 11) is 0. The molecule has 0 amide bonds. The number of allylic oxidation sites excluding steroid dienone is 1. The SMILES string of the molecule is CCOC(=O)C1=C(C)OC(C)(C(C)C)C1. The number of ether oxygens (including phenoxy) is 2. The van der Waals surface area contributed by atoms with Gasteiger partial charge in [-0.25, -0.2) is 4.79 Å². The van der Waals surface area contributed by atoms with Crippen LogP contribution in [-0.2, 0) is 14.3 Å². The van der Waals surface area contributed by atoms with E-state index in [1.54, 1.807) is 0 Å². The first-order valence-corrected chi connectivity index (χ1v) is 5.46. The van der Waals surface area contributed by atoms with Crippen molar-refractivity contribution in [3.63, 3.8) is 0 Å². The lowest BCUT2D eigenvalue weighted by molar-refractivity contribution is -0.138. The van der Waals surface area contributed by atoms with Crippen LogP contribution >= 0.6 is 0 Å². The number of hydrogen-bond donors (Lipinski definition) is 0. The standard InChI is InChI=1S/C12H20O3/c1-6-14-11(13)10-7-12(5,8(2)3)15-9(10)4/h8H,6-7H2,1-5H3. The second-order valence-corrected chi connectivity index (χ2v) is 4.50. The molecule has 86 valence electrons. The molecule has 0 aromatic rings. The van der Waals surface area contributed by atoms with Crippen molar-refractivity contribution in [2.75, 3.05) is 6.61 Å². The summed E-state index contributed by atoms with van der Waals surface area (Å²) >= 11 is 0. The van der Waals surface area contributed by atoms with Gasteiger partial charge in [0.25, 0.3) is 0 Å². The Balaban J connectivity index is 2.77. The van der Waals surface area contributed by atoms with E-state index in [1.807, 2.05) is 20.8 Å². The molecule has 0 N–H and O–H groups in total. The summed E-state index contributed by atoms with van der Waals surface area (Å²) in [5, 5.41) is 0. The Morgan fingerprint density at radius 1 is 1.60 bits per heavy atom. The molecule has 1 aliphatic heterocycles. The summed E-state index contributed by atoms with van der Waals surface area (Å²) in [6, 6.07) is 0. The molecule has 0 saturated heterocycles. The Hall–Kier alpha value is -0.990. The van der Waals surface area contributed by atoms with Crippen LogP contribution < -0.4 is 0 Å². The molecule has 1 rings (SSSR count). The van der Waals surface area contributed by atoms with Crippen molar-refractivity contribution in [2.45, 2.75) is 46.6 Å². The first-order chi connectivity index (χ1) is 6.90. The van der Waals surface area contributed by atoms with Crippen LogP contribution in [-0.4, -0.2) is 18.2 Å². The Morgan fingerprint density at radius 3 is 2.60 bits per heavy atom. The van der Waals surface area contributed by atoms with Gasteiger partial charge in [0.05, 0.1) is 12.2 Å². The number of carbonyl (C=O) groups is 1. The molecule has 1 aliphatic rings. The topological polar surface area (TPSA) is 35.5 Å². The Labute approximate surface area is 91.4 Å². The fourth-order valence-corrected chi connectivity index (χ4v) is 1.68. The quantitative estimate of drug-likeness (QED) is 0.675. The normalized spacial score (nSPS) is 25.7. The zero-order valence-electron chi connectivity index (χ0n) is 10.2. The van der Waals surface area contributed by atoms with Crippen molar-refractivity contribution < 1.29 is 14.3 Å². The summed E-state index contributed by atoms with van der Waals surface area (Å²) in [5.41, 5.74) is 0.430. The molecule has 1 atom stereocenters. The number of rotatable bonds is 3. The molecule has 0 aromatic heterocycles. The summed E-state index contributed by atoms with van der Waals surface area (Å²) in [6.07, 6.45) is 0.648. The zero-order valence-corrected chi connectivity index (χ0v) is 10.2. The number of carbonyl (C=O) groups excluding carboxylic acids is 1. The van der Waals surface area contributed by atoms with Crippen molar-refractivity contribution >= 4 is 5.97 Å². The Bertz CT molecular complexity index is 291. The van der Waals surface area contributed by atoms with E-state index in [9.17, 15) is 4.79 Å². The van der Waals surface area contributed by atoms with Gasteiger partial charge in [-0.05, 0) is 26.7 Å². The highest BCUT2D eigenvalue weighted by Gasteiger charge is 2.40. The van der Waals surface area contributed by atoms with Gasteiger partial charge < -0.3 is 9.47 Å². The second kappa shape index (κ2) is 4.25. The van der Waals surface area contributed by atoms with E-state index in [0.29, 0.717) is 30.3 Å². The molecule has 1 heterocycles. The van der Waals surface area contributed by atoms with Crippen molar-refractivity contribution in [1.82, 2.24) is 0 Å². The molecule has 0 saturated carbocycles. The molecule has 3 heteroatoms. The van der Waals surface area contributed by atoms with Gasteiger partial charge in [-0.3, -0.25) is 0 Å². The molecule has 0 aromatic carbocycles. The van der Waals surface area contributed by atoms with Crippen LogP contribution in [0.25, 0.3) is 0 Å². The van der Waals surface area contributed by atoms with Crippen molar-refractivity contribution in [1.29, 1.82) is 0 Å². The van der Waals surface area contributed by atoms with Crippen LogP contribution in [0.3, 0.4) is 0 Å². The third-order valence-electron chi connectivity index (χ3n) is 3.08. The third-order valence-corrected chi connectivity index (χ3v) is 3.08. The molecule has 0 spiro atoms. The Kier molecular flexibility index (Phi) is 3.42. The first-order valence-electron chi connectivity index (χ1n) is 5.46. The molecular weight excluding hydrogens is 192 g/mol. The van der Waals surface area contributed by atoms with Crippen LogP contribution in [0.1, 0.15) is 41.0 Å². The minimum atomic E-state index is -0.258. The fourth-order valence-electron chi connectivity index (χ4n) is 1.68. The van der Waals surface area contributed by atoms with Gasteiger partial charge in [-0.1, -0.05) is 13.8 Å². The largest absolute Gasteiger partial charge is 0.491 e. The maximum Gasteiger partial charge on any atom is 0.337 e. The second-order valence-electron chi connectivity index (χ2n) is 4.50. The van der Waals surface area contributed by atoms with E-state index in [-0.39, 0.29) is 11.6 Å². The average Bonchev–Trinajstić information content (AvgIpc) is 2.44. The number of hydrogen-bond acceptors (Lipinski definition) is 3. The molecule has 0 aliphatic carbocycles. The maximum atomic E-state index is 11.6. The molecule has 3 nitrogen and oxygen atoms in total. The van der Waals surface area contributed by atoms with Gasteiger partial charge >= 0.3 is 5.97 Å². The van der Waals surface area contributed by atoms with Crippen molar-refractivity contribution in [3.8, 4) is 0 Å². The van der Waals surface area contributed by atoms with Crippen LogP contribution in [0.15, 0.2) is 11.3 Å². The predicted octanol–water partition coefficient (Wildman–Crippen LogP) is 2.66. The highest BCUT2D eigenvalue weighted by molar-refractivity contribution is 5.89. The predicted molar refractivity (Wildman–Crippen MR) is 58.3 cm³/mol. The number of esters is 1. The van der Waals surface area contributed by atoms with Crippen LogP contribution in [0.2, 0.25) is 0 Å². The molecule has 15 heavy (non-hydrogen) atoms. The first kappa shape index (κ1) is 12.1. The average molecular weight is 212 g/mol. The van der Waals surface area contributed by atoms with Gasteiger partial charge in [0.1, 0.15) is 11.4 Å². The van der Waals surface area contributed by atoms with Crippen LogP contribution in [0, 0.1) is 5.92 Å². The fraction of sp³-hybridized carbons (Fsp3) is 0.750. The maximum absolute atomic E-state index is 11.6. The van der Waals surface area contributed by atoms with Gasteiger partial charge in [-0.2, -0.15) is 0 Å². The Morgan fingerprint density at radius 2 is 2.20 bits per heavy atom. The van der Waals surface area contributed by atoms with E-state index in [2.05, 4.69) is 13.8 Å². The van der Waals surface area contributed by atoms with Crippen molar-refractivity contribution in [2.24, 2.45) is 5.92 Å². The molecule has 0 bridgehead atoms. The smallest absolute Gasteiger partial charge is 0.337 e. The summed E-state index contributed by atoms with van der Waals surface area (Å²) < 4.78 is 10.8. The molecular formula is C12H20O3. The highest BCUT2D eigenvalue weighted by atomic mass is 16.5. The monoisotopic (exact) mass is 212 g/mol. The van der Waals surface area contributed by atoms with E-state index in [4.69, 9.17) is 9.47 Å². The van der Waals surface area contributed by atoms with Gasteiger partial charge in [0.15, 0.2) is 0 Å². The lowest BCUT2D eigenvalue weighted by Crippen LogP contribution is -2.31. The van der Waals surface area contributed by atoms with Crippen LogP contribution in [0.5, 0.6) is 0 Å². The van der Waals surface area contributed by atoms with E-state index < -0.39 is 0 Å². The zero-order chi connectivity index (χ0) is 11.6. The van der Waals surface area contributed by atoms with Gasteiger partial charge in [-0.15, -0.1) is 0 Å². The minimum Gasteiger partial charge on any atom is -0.491 e. The summed E-state index contributed by atoms with van der Waals surface area (Å²) in [4.78, 5) is 11.6. The van der Waals surface area contributed by atoms with E-state index in [1.165, 1.54) is 0 Å². The summed E-state index contributed by atoms with van der Waals surface area (Å²) in [6.45, 7) is 10.3. The minimum absolute atomic E-state index is 0.237. The van der Waals surface area contributed by atoms with E-state index >= 15 is 0 Å². The molecule has 1 unspecified atom stereocenters.